The first-order chi connectivity index (χ1) is 14.0. The van der Waals surface area contributed by atoms with Crippen LogP contribution in [0.4, 0.5) is 10.1 Å². The summed E-state index contributed by atoms with van der Waals surface area (Å²) in [6.45, 7) is 4.07. The molecule has 2 N–H and O–H groups in total. The lowest BCUT2D eigenvalue weighted by atomic mass is 10.0. The van der Waals surface area contributed by atoms with Crippen molar-refractivity contribution in [1.29, 1.82) is 0 Å². The van der Waals surface area contributed by atoms with Crippen molar-refractivity contribution < 1.29 is 9.18 Å². The quantitative estimate of drug-likeness (QED) is 0.662. The van der Waals surface area contributed by atoms with E-state index in [9.17, 15) is 9.18 Å². The van der Waals surface area contributed by atoms with Crippen LogP contribution in [0.5, 0.6) is 0 Å². The number of carbonyl (C=O) groups is 1. The van der Waals surface area contributed by atoms with Crippen LogP contribution in [0, 0.1) is 12.7 Å². The second-order valence-corrected chi connectivity index (χ2v) is 8.14. The zero-order valence-electron chi connectivity index (χ0n) is 16.2. The second kappa shape index (κ2) is 8.24. The molecule has 0 aliphatic carbocycles. The number of aryl methyl sites for hydroxylation is 2. The van der Waals surface area contributed by atoms with Crippen molar-refractivity contribution in [2.24, 2.45) is 0 Å². The smallest absolute Gasteiger partial charge is 0.240 e. The van der Waals surface area contributed by atoms with Gasteiger partial charge in [0.1, 0.15) is 11.1 Å². The minimum atomic E-state index is -0.493. The van der Waals surface area contributed by atoms with Gasteiger partial charge in [-0.1, -0.05) is 48.5 Å². The van der Waals surface area contributed by atoms with E-state index < -0.39 is 5.25 Å². The SMILES string of the molecule is CCCc1nnc2n1N[C@@H](c1ccc(F)cc1)[C@H](C(=O)Nc1ccc(C)cc1)S2. The number of fused-ring (bicyclic) bond motifs is 1. The Kier molecular flexibility index (Phi) is 5.53. The van der Waals surface area contributed by atoms with E-state index in [4.69, 9.17) is 0 Å². The maximum atomic E-state index is 13.5. The first-order valence-electron chi connectivity index (χ1n) is 9.55. The van der Waals surface area contributed by atoms with Crippen LogP contribution in [-0.4, -0.2) is 26.0 Å². The zero-order chi connectivity index (χ0) is 20.4. The van der Waals surface area contributed by atoms with Gasteiger partial charge in [0.25, 0.3) is 0 Å². The summed E-state index contributed by atoms with van der Waals surface area (Å²) in [5.74, 6) is 0.362. The number of hydrogen-bond donors (Lipinski definition) is 2. The summed E-state index contributed by atoms with van der Waals surface area (Å²) in [6, 6.07) is 13.5. The van der Waals surface area contributed by atoms with Gasteiger partial charge in [0.05, 0.1) is 6.04 Å². The van der Waals surface area contributed by atoms with Gasteiger partial charge < -0.3 is 10.7 Å². The van der Waals surface area contributed by atoms with Gasteiger partial charge in [0.15, 0.2) is 5.82 Å². The Balaban J connectivity index is 1.65. The van der Waals surface area contributed by atoms with E-state index in [1.807, 2.05) is 35.9 Å². The molecule has 1 aliphatic heterocycles. The number of amides is 1. The molecule has 29 heavy (non-hydrogen) atoms. The van der Waals surface area contributed by atoms with Gasteiger partial charge >= 0.3 is 0 Å². The number of hydrogen-bond acceptors (Lipinski definition) is 5. The average molecular weight is 412 g/mol. The van der Waals surface area contributed by atoms with E-state index in [0.717, 1.165) is 35.5 Å². The summed E-state index contributed by atoms with van der Waals surface area (Å²) in [5, 5.41) is 11.6. The van der Waals surface area contributed by atoms with Gasteiger partial charge in [-0.05, 0) is 43.2 Å². The molecule has 0 radical (unpaired) electrons. The molecule has 2 heterocycles. The number of benzene rings is 2. The molecule has 1 aliphatic rings. The molecule has 8 heteroatoms. The number of nitrogens with one attached hydrogen (secondary N) is 2. The molecule has 1 amide bonds. The lowest BCUT2D eigenvalue weighted by Crippen LogP contribution is -2.41. The number of nitrogens with zero attached hydrogens (tertiary/aromatic N) is 3. The van der Waals surface area contributed by atoms with Crippen LogP contribution in [0.1, 0.15) is 36.3 Å². The maximum absolute atomic E-state index is 13.5. The Labute approximate surface area is 172 Å². The maximum Gasteiger partial charge on any atom is 0.240 e. The molecule has 0 spiro atoms. The van der Waals surface area contributed by atoms with E-state index in [-0.39, 0.29) is 17.8 Å². The molecule has 4 rings (SSSR count). The summed E-state index contributed by atoms with van der Waals surface area (Å²) < 4.78 is 15.3. The highest BCUT2D eigenvalue weighted by Crippen LogP contribution is 2.37. The van der Waals surface area contributed by atoms with E-state index in [2.05, 4.69) is 27.9 Å². The molecule has 0 bridgehead atoms. The molecule has 2 atom stereocenters. The van der Waals surface area contributed by atoms with E-state index in [1.165, 1.54) is 23.9 Å². The average Bonchev–Trinajstić information content (AvgIpc) is 3.11. The Morgan fingerprint density at radius 2 is 1.90 bits per heavy atom. The molecular weight excluding hydrogens is 389 g/mol. The van der Waals surface area contributed by atoms with Crippen LogP contribution >= 0.6 is 11.8 Å². The number of aromatic nitrogens is 3. The fourth-order valence-electron chi connectivity index (χ4n) is 3.25. The zero-order valence-corrected chi connectivity index (χ0v) is 17.0. The molecule has 0 saturated heterocycles. The van der Waals surface area contributed by atoms with Gasteiger partial charge in [-0.25, -0.2) is 9.07 Å². The molecule has 1 aromatic heterocycles. The van der Waals surface area contributed by atoms with Gasteiger partial charge in [-0.2, -0.15) is 0 Å². The van der Waals surface area contributed by atoms with Gasteiger partial charge in [0, 0.05) is 12.1 Å². The minimum Gasteiger partial charge on any atom is -0.325 e. The number of rotatable bonds is 5. The fraction of sp³-hybridized carbons (Fsp3) is 0.286. The molecule has 0 fully saturated rings. The highest BCUT2D eigenvalue weighted by atomic mass is 32.2. The third kappa shape index (κ3) is 4.12. The number of halogens is 1. The van der Waals surface area contributed by atoms with Gasteiger partial charge in [-0.15, -0.1) is 10.2 Å². The fourth-order valence-corrected chi connectivity index (χ4v) is 4.35. The Morgan fingerprint density at radius 3 is 2.59 bits per heavy atom. The summed E-state index contributed by atoms with van der Waals surface area (Å²) in [7, 11) is 0. The standard InChI is InChI=1S/C21H22FN5OS/c1-3-4-17-24-25-21-27(17)26-18(14-7-9-15(22)10-8-14)19(29-21)20(28)23-16-11-5-13(2)6-12-16/h5-12,18-19,26H,3-4H2,1-2H3,(H,23,28)/t18-,19+/m0/s1. The molecule has 6 nitrogen and oxygen atoms in total. The second-order valence-electron chi connectivity index (χ2n) is 7.04. The van der Waals surface area contributed by atoms with Crippen molar-refractivity contribution in [2.45, 2.75) is 43.1 Å². The lowest BCUT2D eigenvalue weighted by molar-refractivity contribution is -0.116. The third-order valence-corrected chi connectivity index (χ3v) is 6.00. The van der Waals surface area contributed by atoms with E-state index in [1.54, 1.807) is 12.1 Å². The third-order valence-electron chi connectivity index (χ3n) is 4.78. The van der Waals surface area contributed by atoms with Crippen LogP contribution in [0.2, 0.25) is 0 Å². The first kappa shape index (κ1) is 19.4. The van der Waals surface area contributed by atoms with Crippen LogP contribution in [-0.2, 0) is 11.2 Å². The minimum absolute atomic E-state index is 0.146. The van der Waals surface area contributed by atoms with Crippen LogP contribution in [0.3, 0.4) is 0 Å². The summed E-state index contributed by atoms with van der Waals surface area (Å²) in [4.78, 5) is 13.1. The van der Waals surface area contributed by atoms with Gasteiger partial charge in [-0.3, -0.25) is 4.79 Å². The van der Waals surface area contributed by atoms with Crippen molar-refractivity contribution in [1.82, 2.24) is 14.9 Å². The van der Waals surface area contributed by atoms with Crippen molar-refractivity contribution >= 4 is 23.4 Å². The monoisotopic (exact) mass is 411 g/mol. The first-order valence-corrected chi connectivity index (χ1v) is 10.4. The van der Waals surface area contributed by atoms with E-state index >= 15 is 0 Å². The Morgan fingerprint density at radius 1 is 1.17 bits per heavy atom. The topological polar surface area (TPSA) is 71.8 Å². The van der Waals surface area contributed by atoms with Crippen molar-refractivity contribution in [3.8, 4) is 0 Å². The number of anilines is 1. The summed E-state index contributed by atoms with van der Waals surface area (Å²) in [5.41, 5.74) is 6.06. The Hall–Kier alpha value is -2.87. The van der Waals surface area contributed by atoms with Crippen molar-refractivity contribution in [3.63, 3.8) is 0 Å². The molecule has 0 unspecified atom stereocenters. The van der Waals surface area contributed by atoms with Gasteiger partial charge in [0.2, 0.25) is 11.1 Å². The molecule has 0 saturated carbocycles. The normalized spacial score (nSPS) is 18.0. The molecule has 150 valence electrons. The van der Waals surface area contributed by atoms with Crippen LogP contribution in [0.25, 0.3) is 0 Å². The van der Waals surface area contributed by atoms with Crippen LogP contribution < -0.4 is 10.7 Å². The summed E-state index contributed by atoms with van der Waals surface area (Å²) in [6.07, 6.45) is 1.71. The summed E-state index contributed by atoms with van der Waals surface area (Å²) >= 11 is 1.36. The molecule has 3 aromatic rings. The predicted octanol–water partition coefficient (Wildman–Crippen LogP) is 4.08. The molecule has 2 aromatic carbocycles. The predicted molar refractivity (Wildman–Crippen MR) is 112 cm³/mol. The highest BCUT2D eigenvalue weighted by molar-refractivity contribution is 8.00. The largest absolute Gasteiger partial charge is 0.325 e. The number of thioether (sulfide) groups is 1. The van der Waals surface area contributed by atoms with E-state index in [0.29, 0.717) is 5.16 Å². The number of carbonyl (C=O) groups excluding carboxylic acids is 1. The Bertz CT molecular complexity index is 1000. The lowest BCUT2D eigenvalue weighted by Gasteiger charge is -2.33. The van der Waals surface area contributed by atoms with Crippen molar-refractivity contribution in [3.05, 3.63) is 71.3 Å². The van der Waals surface area contributed by atoms with Crippen LogP contribution in [0.15, 0.2) is 53.7 Å². The molecular formula is C21H22FN5OS. The van der Waals surface area contributed by atoms with Crippen molar-refractivity contribution in [2.75, 3.05) is 10.7 Å². The highest BCUT2D eigenvalue weighted by Gasteiger charge is 2.37.